The minimum atomic E-state index is -3.84. The van der Waals surface area contributed by atoms with E-state index in [2.05, 4.69) is 24.9 Å². The van der Waals surface area contributed by atoms with E-state index in [4.69, 9.17) is 16.0 Å². The molecule has 0 aliphatic heterocycles. The van der Waals surface area contributed by atoms with Crippen LogP contribution in [0.3, 0.4) is 0 Å². The summed E-state index contributed by atoms with van der Waals surface area (Å²) in [6.45, 7) is 13.5. The number of hydrogen-bond donors (Lipinski definition) is 5. The third-order valence-electron chi connectivity index (χ3n) is 7.90. The van der Waals surface area contributed by atoms with Crippen LogP contribution in [0, 0.1) is 20.4 Å². The van der Waals surface area contributed by atoms with E-state index in [1.165, 1.54) is 60.7 Å². The summed E-state index contributed by atoms with van der Waals surface area (Å²) in [5, 5.41) is 17.0. The smallest absolute Gasteiger partial charge is 0.265 e. The number of ether oxygens (including phenoxy) is 2. The monoisotopic (exact) mass is 771 g/mol. The number of benzene rings is 5. The standard InChI is InChI=1S/C38H37N5O9S2/c1-7-31(51-32-16-14-22(2)18-23(32)3)38(46)40-25-15-17-33(29(20-25)39-4)52-34-21-30(36(44)35-27(34)12-9-13-28(35)43-54(6,49)50)41-37(45)24-10-8-11-26(19-24)42-53(5,47)48/h8-21,31,42-44H,7H2,1-3,5-6H3,(H,40,46)(H,41,45). The lowest BCUT2D eigenvalue weighted by atomic mass is 10.0. The second kappa shape index (κ2) is 15.7. The van der Waals surface area contributed by atoms with Crippen LogP contribution in [0.4, 0.5) is 28.4 Å². The first-order chi connectivity index (χ1) is 25.4. The minimum absolute atomic E-state index is 0.00330. The summed E-state index contributed by atoms with van der Waals surface area (Å²) in [5.41, 5.74) is 2.20. The molecule has 280 valence electrons. The van der Waals surface area contributed by atoms with Crippen LogP contribution in [-0.2, 0) is 24.8 Å². The Balaban J connectivity index is 1.49. The Bertz CT molecular complexity index is 2550. The lowest BCUT2D eigenvalue weighted by molar-refractivity contribution is -0.122. The van der Waals surface area contributed by atoms with Gasteiger partial charge in [-0.15, -0.1) is 0 Å². The maximum atomic E-state index is 13.4. The van der Waals surface area contributed by atoms with Crippen molar-refractivity contribution in [3.05, 3.63) is 113 Å². The van der Waals surface area contributed by atoms with E-state index in [1.807, 2.05) is 39.0 Å². The number of aromatic hydroxyl groups is 1. The van der Waals surface area contributed by atoms with Gasteiger partial charge in [0.1, 0.15) is 23.0 Å². The van der Waals surface area contributed by atoms with Gasteiger partial charge in [0.15, 0.2) is 6.10 Å². The summed E-state index contributed by atoms with van der Waals surface area (Å²) >= 11 is 0. The van der Waals surface area contributed by atoms with Crippen molar-refractivity contribution in [3.63, 3.8) is 0 Å². The second-order valence-electron chi connectivity index (χ2n) is 12.5. The van der Waals surface area contributed by atoms with E-state index in [0.717, 1.165) is 23.6 Å². The van der Waals surface area contributed by atoms with Crippen molar-refractivity contribution in [2.24, 2.45) is 0 Å². The van der Waals surface area contributed by atoms with Crippen LogP contribution in [0.25, 0.3) is 15.6 Å². The van der Waals surface area contributed by atoms with E-state index >= 15 is 0 Å². The molecule has 14 nitrogen and oxygen atoms in total. The van der Waals surface area contributed by atoms with E-state index in [9.17, 15) is 31.5 Å². The van der Waals surface area contributed by atoms with E-state index in [0.29, 0.717) is 17.9 Å². The highest BCUT2D eigenvalue weighted by atomic mass is 32.2. The number of amides is 2. The molecule has 54 heavy (non-hydrogen) atoms. The summed E-state index contributed by atoms with van der Waals surface area (Å²) < 4.78 is 64.9. The Morgan fingerprint density at radius 2 is 1.50 bits per heavy atom. The van der Waals surface area contributed by atoms with Crippen LogP contribution in [0.15, 0.2) is 84.9 Å². The van der Waals surface area contributed by atoms with Gasteiger partial charge in [-0.3, -0.25) is 19.0 Å². The van der Waals surface area contributed by atoms with Crippen LogP contribution in [0.5, 0.6) is 23.0 Å². The lowest BCUT2D eigenvalue weighted by Crippen LogP contribution is -2.32. The van der Waals surface area contributed by atoms with Crippen molar-refractivity contribution in [1.82, 2.24) is 0 Å². The summed E-state index contributed by atoms with van der Waals surface area (Å²) in [6, 6.07) is 21.5. The molecule has 5 N–H and O–H groups in total. The molecule has 0 heterocycles. The number of aryl methyl sites for hydroxylation is 2. The predicted molar refractivity (Wildman–Crippen MR) is 209 cm³/mol. The molecule has 0 saturated carbocycles. The minimum Gasteiger partial charge on any atom is -0.505 e. The fraction of sp³-hybridized carbons (Fsp3) is 0.184. The molecule has 16 heteroatoms. The average molecular weight is 772 g/mol. The number of sulfonamides is 2. The molecule has 1 atom stereocenters. The number of rotatable bonds is 13. The van der Waals surface area contributed by atoms with Gasteiger partial charge in [0, 0.05) is 28.4 Å². The molecular formula is C38H37N5O9S2. The van der Waals surface area contributed by atoms with Crippen LogP contribution in [-0.4, -0.2) is 52.4 Å². The molecule has 0 fully saturated rings. The van der Waals surface area contributed by atoms with Gasteiger partial charge < -0.3 is 25.2 Å². The number of nitrogens with one attached hydrogen (secondary N) is 4. The van der Waals surface area contributed by atoms with E-state index < -0.39 is 43.7 Å². The number of hydrogen-bond acceptors (Lipinski definition) is 9. The van der Waals surface area contributed by atoms with Crippen molar-refractivity contribution in [2.75, 3.05) is 32.6 Å². The van der Waals surface area contributed by atoms with Crippen molar-refractivity contribution < 1.29 is 41.0 Å². The zero-order valence-corrected chi connectivity index (χ0v) is 31.5. The molecule has 5 aromatic carbocycles. The Hall–Kier alpha value is -6.31. The van der Waals surface area contributed by atoms with Crippen molar-refractivity contribution >= 4 is 71.1 Å². The van der Waals surface area contributed by atoms with Crippen molar-refractivity contribution in [1.29, 1.82) is 0 Å². The normalized spacial score (nSPS) is 11.9. The first-order valence-corrected chi connectivity index (χ1v) is 20.1. The molecule has 0 aromatic heterocycles. The van der Waals surface area contributed by atoms with Gasteiger partial charge in [-0.05, 0) is 74.4 Å². The molecule has 1 unspecified atom stereocenters. The molecule has 0 saturated heterocycles. The number of phenols is 1. The van der Waals surface area contributed by atoms with Crippen molar-refractivity contribution in [2.45, 2.75) is 33.3 Å². The van der Waals surface area contributed by atoms with Crippen LogP contribution in [0.1, 0.15) is 34.8 Å². The van der Waals surface area contributed by atoms with E-state index in [-0.39, 0.29) is 50.6 Å². The number of carbonyl (C=O) groups is 2. The zero-order chi connectivity index (χ0) is 39.4. The van der Waals surface area contributed by atoms with Gasteiger partial charge in [0.05, 0.1) is 35.8 Å². The third kappa shape index (κ3) is 9.56. The number of phenolic OH excluding ortho intramolecular Hbond substituents is 1. The highest BCUT2D eigenvalue weighted by Gasteiger charge is 2.23. The maximum Gasteiger partial charge on any atom is 0.265 e. The first-order valence-electron chi connectivity index (χ1n) is 16.3. The molecule has 5 rings (SSSR count). The summed E-state index contributed by atoms with van der Waals surface area (Å²) in [4.78, 5) is 30.2. The largest absolute Gasteiger partial charge is 0.505 e. The van der Waals surface area contributed by atoms with Gasteiger partial charge in [-0.25, -0.2) is 21.7 Å². The number of anilines is 4. The molecule has 0 radical (unpaired) electrons. The van der Waals surface area contributed by atoms with Crippen LogP contribution < -0.4 is 29.6 Å². The molecule has 0 aliphatic carbocycles. The molecule has 2 amide bonds. The quantitative estimate of drug-likeness (QED) is 0.0603. The number of nitrogens with zero attached hydrogens (tertiary/aromatic N) is 1. The van der Waals surface area contributed by atoms with Gasteiger partial charge in [0.25, 0.3) is 11.8 Å². The van der Waals surface area contributed by atoms with Gasteiger partial charge in [-0.2, -0.15) is 0 Å². The predicted octanol–water partition coefficient (Wildman–Crippen LogP) is 7.30. The van der Waals surface area contributed by atoms with Crippen molar-refractivity contribution in [3.8, 4) is 23.0 Å². The van der Waals surface area contributed by atoms with Gasteiger partial charge in [-0.1, -0.05) is 42.8 Å². The molecule has 5 aromatic rings. The Morgan fingerprint density at radius 1 is 0.796 bits per heavy atom. The highest BCUT2D eigenvalue weighted by Crippen LogP contribution is 2.46. The summed E-state index contributed by atoms with van der Waals surface area (Å²) in [7, 11) is -7.48. The number of fused-ring (bicyclic) bond motifs is 1. The van der Waals surface area contributed by atoms with E-state index in [1.54, 1.807) is 6.07 Å². The van der Waals surface area contributed by atoms with Gasteiger partial charge in [0.2, 0.25) is 25.7 Å². The molecule has 0 aliphatic rings. The van der Waals surface area contributed by atoms with Crippen LogP contribution >= 0.6 is 0 Å². The maximum absolute atomic E-state index is 13.4. The fourth-order valence-electron chi connectivity index (χ4n) is 5.54. The average Bonchev–Trinajstić information content (AvgIpc) is 3.09. The topological polar surface area (TPSA) is 194 Å². The molecule has 0 bridgehead atoms. The summed E-state index contributed by atoms with van der Waals surface area (Å²) in [5.74, 6) is -1.01. The Kier molecular flexibility index (Phi) is 11.3. The fourth-order valence-corrected chi connectivity index (χ4v) is 6.66. The second-order valence-corrected chi connectivity index (χ2v) is 15.9. The Morgan fingerprint density at radius 3 is 2.17 bits per heavy atom. The molecule has 0 spiro atoms. The number of carbonyl (C=O) groups excluding carboxylic acids is 2. The Labute approximate surface area is 313 Å². The SMILES string of the molecule is [C-]#[N+]c1cc(NC(=O)C(CC)Oc2ccc(C)cc2C)ccc1Oc1cc(NC(=O)c2cccc(NS(C)(=O)=O)c2)c(O)c2c(NS(C)(=O)=O)cccc12. The summed E-state index contributed by atoms with van der Waals surface area (Å²) in [6.07, 6.45) is 1.46. The zero-order valence-electron chi connectivity index (χ0n) is 29.8. The molecular weight excluding hydrogens is 735 g/mol. The van der Waals surface area contributed by atoms with Gasteiger partial charge >= 0.3 is 0 Å². The lowest BCUT2D eigenvalue weighted by Gasteiger charge is -2.20. The first kappa shape index (κ1) is 38.9. The van der Waals surface area contributed by atoms with Crippen LogP contribution in [0.2, 0.25) is 0 Å². The highest BCUT2D eigenvalue weighted by molar-refractivity contribution is 7.92. The third-order valence-corrected chi connectivity index (χ3v) is 9.10.